The van der Waals surface area contributed by atoms with Crippen molar-refractivity contribution < 1.29 is 28.2 Å². The zero-order valence-electron chi connectivity index (χ0n) is 14.9. The first-order valence-electron chi connectivity index (χ1n) is 8.52. The largest absolute Gasteiger partial charge is 0.488 e. The minimum atomic E-state index is -0.993. The molecule has 0 saturated heterocycles. The van der Waals surface area contributed by atoms with E-state index in [9.17, 15) is 13.6 Å². The average molecular weight is 397 g/mol. The summed E-state index contributed by atoms with van der Waals surface area (Å²) < 4.78 is 39.9. The van der Waals surface area contributed by atoms with E-state index in [0.29, 0.717) is 28.3 Å². The lowest BCUT2D eigenvalue weighted by Crippen LogP contribution is -2.24. The van der Waals surface area contributed by atoms with Crippen LogP contribution in [-0.4, -0.2) is 23.3 Å². The Labute approximate surface area is 160 Å². The maximum absolute atomic E-state index is 14.4. The Morgan fingerprint density at radius 1 is 1.26 bits per heavy atom. The molecule has 0 aliphatic carbocycles. The van der Waals surface area contributed by atoms with E-state index >= 15 is 0 Å². The van der Waals surface area contributed by atoms with E-state index in [4.69, 9.17) is 26.2 Å². The minimum Gasteiger partial charge on any atom is -0.488 e. The molecule has 3 rings (SSSR count). The van der Waals surface area contributed by atoms with Gasteiger partial charge in [-0.3, -0.25) is 4.79 Å². The second kappa shape index (κ2) is 7.35. The maximum Gasteiger partial charge on any atom is 0.303 e. The number of halogens is 3. The third-order valence-corrected chi connectivity index (χ3v) is 4.43. The fourth-order valence-corrected chi connectivity index (χ4v) is 3.38. The second-order valence-corrected chi connectivity index (χ2v) is 7.53. The predicted molar refractivity (Wildman–Crippen MR) is 97.6 cm³/mol. The molecule has 0 radical (unpaired) electrons. The van der Waals surface area contributed by atoms with Gasteiger partial charge < -0.3 is 14.6 Å². The number of carboxylic acids is 1. The first-order chi connectivity index (χ1) is 12.7. The van der Waals surface area contributed by atoms with Gasteiger partial charge in [0.15, 0.2) is 17.4 Å². The molecule has 0 amide bonds. The Morgan fingerprint density at radius 3 is 2.56 bits per heavy atom. The lowest BCUT2D eigenvalue weighted by Gasteiger charge is -2.18. The smallest absolute Gasteiger partial charge is 0.303 e. The Balaban J connectivity index is 1.90. The topological polar surface area (TPSA) is 55.8 Å². The van der Waals surface area contributed by atoms with Crippen molar-refractivity contribution in [1.82, 2.24) is 0 Å². The highest BCUT2D eigenvalue weighted by atomic mass is 35.5. The molecule has 1 aliphatic heterocycles. The predicted octanol–water partition coefficient (Wildman–Crippen LogP) is 5.24. The Hall–Kier alpha value is -2.34. The molecule has 0 saturated carbocycles. The van der Waals surface area contributed by atoms with Gasteiger partial charge in [-0.2, -0.15) is 0 Å². The van der Waals surface area contributed by atoms with Crippen molar-refractivity contribution in [2.45, 2.75) is 38.7 Å². The Bertz CT molecular complexity index is 873. The number of rotatable bonds is 6. The summed E-state index contributed by atoms with van der Waals surface area (Å²) in [6, 6.07) is 5.73. The number of fused-ring (bicyclic) bond motifs is 1. The molecule has 0 bridgehead atoms. The highest BCUT2D eigenvalue weighted by molar-refractivity contribution is 6.31. The lowest BCUT2D eigenvalue weighted by molar-refractivity contribution is -0.137. The highest BCUT2D eigenvalue weighted by Crippen LogP contribution is 2.45. The van der Waals surface area contributed by atoms with E-state index in [-0.39, 0.29) is 19.4 Å². The van der Waals surface area contributed by atoms with Crippen LogP contribution in [0.3, 0.4) is 0 Å². The molecule has 0 unspecified atom stereocenters. The summed E-state index contributed by atoms with van der Waals surface area (Å²) in [5.74, 6) is -2.69. The number of carbonyl (C=O) groups is 1. The number of hydrogen-bond acceptors (Lipinski definition) is 3. The van der Waals surface area contributed by atoms with Crippen LogP contribution < -0.4 is 9.47 Å². The standard InChI is InChI=1S/C20H19ClF2O4/c1-20(2)10-12-6-13(21)9-14(18(12)27-20)11-7-15(22)19(16(23)8-11)26-5-3-4-17(24)25/h6-9H,3-5,10H2,1-2H3,(H,24,25). The third kappa shape index (κ3) is 4.33. The fraction of sp³-hybridized carbons (Fsp3) is 0.350. The highest BCUT2D eigenvalue weighted by Gasteiger charge is 2.33. The van der Waals surface area contributed by atoms with Crippen LogP contribution >= 0.6 is 11.6 Å². The summed E-state index contributed by atoms with van der Waals surface area (Å²) in [5.41, 5.74) is 1.27. The molecule has 1 heterocycles. The van der Waals surface area contributed by atoms with Crippen molar-refractivity contribution in [3.8, 4) is 22.6 Å². The maximum atomic E-state index is 14.4. The first kappa shape index (κ1) is 19.4. The molecule has 2 aromatic rings. The molecule has 0 spiro atoms. The summed E-state index contributed by atoms with van der Waals surface area (Å²) in [6.45, 7) is 3.77. The SMILES string of the molecule is CC1(C)Cc2cc(Cl)cc(-c3cc(F)c(OCCCC(=O)O)c(F)c3)c2O1. The number of aliphatic carboxylic acids is 1. The molecule has 1 aliphatic rings. The van der Waals surface area contributed by atoms with Gasteiger partial charge in [0.05, 0.1) is 6.61 Å². The van der Waals surface area contributed by atoms with E-state index in [0.717, 1.165) is 17.7 Å². The van der Waals surface area contributed by atoms with Crippen LogP contribution in [0.15, 0.2) is 24.3 Å². The van der Waals surface area contributed by atoms with Crippen molar-refractivity contribution in [1.29, 1.82) is 0 Å². The van der Waals surface area contributed by atoms with Crippen molar-refractivity contribution in [3.05, 3.63) is 46.5 Å². The Morgan fingerprint density at radius 2 is 1.93 bits per heavy atom. The third-order valence-electron chi connectivity index (χ3n) is 4.22. The lowest BCUT2D eigenvalue weighted by atomic mass is 9.97. The molecule has 27 heavy (non-hydrogen) atoms. The molecular weight excluding hydrogens is 378 g/mol. The van der Waals surface area contributed by atoms with Crippen LogP contribution in [0.2, 0.25) is 5.02 Å². The van der Waals surface area contributed by atoms with Crippen LogP contribution in [0.5, 0.6) is 11.5 Å². The molecule has 0 fully saturated rings. The fourth-order valence-electron chi connectivity index (χ4n) is 3.14. The number of carboxylic acid groups (broad SMARTS) is 1. The van der Waals surface area contributed by atoms with Gasteiger partial charge in [0.1, 0.15) is 11.4 Å². The van der Waals surface area contributed by atoms with Crippen molar-refractivity contribution in [2.75, 3.05) is 6.61 Å². The molecular formula is C20H19ClF2O4. The van der Waals surface area contributed by atoms with Gasteiger partial charge in [-0.1, -0.05) is 11.6 Å². The average Bonchev–Trinajstić information content (AvgIpc) is 2.85. The summed E-state index contributed by atoms with van der Waals surface area (Å²) in [5, 5.41) is 9.05. The van der Waals surface area contributed by atoms with Crippen LogP contribution in [0.1, 0.15) is 32.3 Å². The number of ether oxygens (including phenoxy) is 2. The van der Waals surface area contributed by atoms with Gasteiger partial charge in [-0.15, -0.1) is 0 Å². The van der Waals surface area contributed by atoms with E-state index < -0.39 is 29.0 Å². The minimum absolute atomic E-state index is 0.0939. The molecule has 1 N–H and O–H groups in total. The molecule has 0 aromatic heterocycles. The normalized spacial score (nSPS) is 14.6. The monoisotopic (exact) mass is 396 g/mol. The van der Waals surface area contributed by atoms with E-state index in [1.54, 1.807) is 12.1 Å². The van der Waals surface area contributed by atoms with E-state index in [1.807, 2.05) is 13.8 Å². The van der Waals surface area contributed by atoms with Gasteiger partial charge in [0.2, 0.25) is 0 Å². The van der Waals surface area contributed by atoms with E-state index in [1.165, 1.54) is 0 Å². The van der Waals surface area contributed by atoms with Gasteiger partial charge >= 0.3 is 5.97 Å². The quantitative estimate of drug-likeness (QED) is 0.678. The molecule has 0 atom stereocenters. The summed E-state index contributed by atoms with van der Waals surface area (Å²) in [4.78, 5) is 10.5. The van der Waals surface area contributed by atoms with Crippen molar-refractivity contribution in [2.24, 2.45) is 0 Å². The zero-order chi connectivity index (χ0) is 19.8. The molecule has 7 heteroatoms. The van der Waals surface area contributed by atoms with Crippen LogP contribution in [-0.2, 0) is 11.2 Å². The van der Waals surface area contributed by atoms with Gasteiger partial charge in [-0.05, 0) is 50.1 Å². The van der Waals surface area contributed by atoms with E-state index in [2.05, 4.69) is 0 Å². The summed E-state index contributed by atoms with van der Waals surface area (Å²) in [7, 11) is 0. The van der Waals surface area contributed by atoms with Crippen molar-refractivity contribution in [3.63, 3.8) is 0 Å². The first-order valence-corrected chi connectivity index (χ1v) is 8.89. The summed E-state index contributed by atoms with van der Waals surface area (Å²) >= 11 is 6.18. The number of benzene rings is 2. The zero-order valence-corrected chi connectivity index (χ0v) is 15.7. The molecule has 144 valence electrons. The van der Waals surface area contributed by atoms with Gasteiger partial charge in [0.25, 0.3) is 0 Å². The van der Waals surface area contributed by atoms with Gasteiger partial charge in [0, 0.05) is 29.0 Å². The van der Waals surface area contributed by atoms with Crippen LogP contribution in [0.4, 0.5) is 8.78 Å². The molecule has 4 nitrogen and oxygen atoms in total. The van der Waals surface area contributed by atoms with Gasteiger partial charge in [-0.25, -0.2) is 8.78 Å². The van der Waals surface area contributed by atoms with Crippen LogP contribution in [0.25, 0.3) is 11.1 Å². The van der Waals surface area contributed by atoms with Crippen LogP contribution in [0, 0.1) is 11.6 Å². The van der Waals surface area contributed by atoms with Crippen molar-refractivity contribution >= 4 is 17.6 Å². The summed E-state index contributed by atoms with van der Waals surface area (Å²) in [6.07, 6.45) is 0.662. The second-order valence-electron chi connectivity index (χ2n) is 7.09. The Kier molecular flexibility index (Phi) is 5.29. The number of hydrogen-bond donors (Lipinski definition) is 1. The molecule has 2 aromatic carbocycles.